The summed E-state index contributed by atoms with van der Waals surface area (Å²) in [6.07, 6.45) is 9.77. The molecule has 0 radical (unpaired) electrons. The fourth-order valence-corrected chi connectivity index (χ4v) is 3.00. The Bertz CT molecular complexity index is 264. The Morgan fingerprint density at radius 2 is 2.20 bits per heavy atom. The largest absolute Gasteiger partial charge is 0.373 e. The molecule has 3 heteroatoms. The maximum absolute atomic E-state index is 5.84. The summed E-state index contributed by atoms with van der Waals surface area (Å²) in [6, 6.07) is 0.556. The van der Waals surface area contributed by atoms with E-state index in [0.29, 0.717) is 18.2 Å². The second-order valence-electron chi connectivity index (χ2n) is 5.00. The number of amidine groups is 1. The average molecular weight is 208 g/mol. The molecule has 3 unspecified atom stereocenters. The van der Waals surface area contributed by atoms with Crippen LogP contribution in [0.5, 0.6) is 0 Å². The molecule has 0 aromatic rings. The predicted octanol–water partition coefficient (Wildman–Crippen LogP) is 1.87. The minimum atomic E-state index is 0.473. The standard InChI is InChI=1S/C12H20N2O/c1-2-4-12(13-7-3-1)14-10-8-9-5-6-11(10)15-9/h9-11H,1-8H2,(H,13,14). The zero-order valence-electron chi connectivity index (χ0n) is 9.24. The summed E-state index contributed by atoms with van der Waals surface area (Å²) >= 11 is 0. The zero-order valence-corrected chi connectivity index (χ0v) is 9.24. The van der Waals surface area contributed by atoms with Crippen LogP contribution in [0, 0.1) is 0 Å². The molecule has 0 aromatic heterocycles. The Balaban J connectivity index is 1.58. The van der Waals surface area contributed by atoms with Gasteiger partial charge in [0.15, 0.2) is 0 Å². The van der Waals surface area contributed by atoms with E-state index in [1.165, 1.54) is 44.4 Å². The lowest BCUT2D eigenvalue weighted by atomic mass is 9.95. The Morgan fingerprint density at radius 1 is 1.20 bits per heavy atom. The molecule has 3 heterocycles. The first-order valence-electron chi connectivity index (χ1n) is 6.37. The van der Waals surface area contributed by atoms with Crippen LogP contribution in [0.15, 0.2) is 4.99 Å². The van der Waals surface area contributed by atoms with Gasteiger partial charge in [-0.1, -0.05) is 6.42 Å². The minimum Gasteiger partial charge on any atom is -0.373 e. The fourth-order valence-electron chi connectivity index (χ4n) is 3.00. The van der Waals surface area contributed by atoms with Crippen molar-refractivity contribution in [2.24, 2.45) is 4.99 Å². The molecule has 3 rings (SSSR count). The van der Waals surface area contributed by atoms with Gasteiger partial charge in [-0.15, -0.1) is 0 Å². The van der Waals surface area contributed by atoms with Crippen molar-refractivity contribution in [1.29, 1.82) is 0 Å². The first kappa shape index (κ1) is 9.64. The first-order chi connectivity index (χ1) is 7.42. The van der Waals surface area contributed by atoms with Crippen LogP contribution in [0.2, 0.25) is 0 Å². The first-order valence-corrected chi connectivity index (χ1v) is 6.37. The fraction of sp³-hybridized carbons (Fsp3) is 0.917. The van der Waals surface area contributed by atoms with Crippen LogP contribution >= 0.6 is 0 Å². The van der Waals surface area contributed by atoms with Crippen LogP contribution in [0.4, 0.5) is 0 Å². The van der Waals surface area contributed by atoms with Crippen LogP contribution in [0.1, 0.15) is 44.9 Å². The predicted molar refractivity (Wildman–Crippen MR) is 60.2 cm³/mol. The van der Waals surface area contributed by atoms with E-state index in [0.717, 1.165) is 13.0 Å². The van der Waals surface area contributed by atoms with Gasteiger partial charge in [0.2, 0.25) is 0 Å². The van der Waals surface area contributed by atoms with E-state index >= 15 is 0 Å². The molecule has 15 heavy (non-hydrogen) atoms. The van der Waals surface area contributed by atoms with Crippen molar-refractivity contribution in [2.45, 2.75) is 63.2 Å². The van der Waals surface area contributed by atoms with Crippen molar-refractivity contribution in [2.75, 3.05) is 6.54 Å². The molecule has 3 aliphatic heterocycles. The second-order valence-corrected chi connectivity index (χ2v) is 5.00. The molecule has 2 fully saturated rings. The Kier molecular flexibility index (Phi) is 2.65. The van der Waals surface area contributed by atoms with Crippen molar-refractivity contribution >= 4 is 5.84 Å². The van der Waals surface area contributed by atoms with Gasteiger partial charge in [0.05, 0.1) is 24.1 Å². The van der Waals surface area contributed by atoms with Gasteiger partial charge < -0.3 is 10.1 Å². The molecule has 0 amide bonds. The molecule has 0 spiro atoms. The van der Waals surface area contributed by atoms with Gasteiger partial charge >= 0.3 is 0 Å². The topological polar surface area (TPSA) is 33.6 Å². The molecule has 3 nitrogen and oxygen atoms in total. The summed E-state index contributed by atoms with van der Waals surface area (Å²) in [5, 5.41) is 3.61. The zero-order chi connectivity index (χ0) is 10.1. The van der Waals surface area contributed by atoms with Gasteiger partial charge in [0.1, 0.15) is 0 Å². The minimum absolute atomic E-state index is 0.473. The van der Waals surface area contributed by atoms with E-state index in [1.807, 2.05) is 0 Å². The van der Waals surface area contributed by atoms with E-state index in [2.05, 4.69) is 10.3 Å². The van der Waals surface area contributed by atoms with Crippen molar-refractivity contribution in [3.63, 3.8) is 0 Å². The highest BCUT2D eigenvalue weighted by Crippen LogP contribution is 2.34. The molecule has 1 N–H and O–H groups in total. The molecule has 0 aromatic carbocycles. The number of nitrogens with one attached hydrogen (secondary N) is 1. The number of fused-ring (bicyclic) bond motifs is 2. The highest BCUT2D eigenvalue weighted by molar-refractivity contribution is 5.82. The smallest absolute Gasteiger partial charge is 0.0966 e. The molecule has 0 saturated carbocycles. The molecule has 3 aliphatic rings. The normalized spacial score (nSPS) is 40.0. The summed E-state index contributed by atoms with van der Waals surface area (Å²) in [7, 11) is 0. The third kappa shape index (κ3) is 2.03. The quantitative estimate of drug-likeness (QED) is 0.713. The van der Waals surface area contributed by atoms with Gasteiger partial charge in [-0.3, -0.25) is 4.99 Å². The maximum atomic E-state index is 5.84. The van der Waals surface area contributed by atoms with Gasteiger partial charge in [-0.25, -0.2) is 0 Å². The maximum Gasteiger partial charge on any atom is 0.0966 e. The van der Waals surface area contributed by atoms with Crippen LogP contribution < -0.4 is 5.32 Å². The average Bonchev–Trinajstić information content (AvgIpc) is 2.75. The Labute approximate surface area is 91.3 Å². The number of hydrogen-bond donors (Lipinski definition) is 1. The van der Waals surface area contributed by atoms with Gasteiger partial charge in [-0.2, -0.15) is 0 Å². The van der Waals surface area contributed by atoms with Crippen molar-refractivity contribution in [3.8, 4) is 0 Å². The van der Waals surface area contributed by atoms with Crippen LogP contribution in [0.25, 0.3) is 0 Å². The summed E-state index contributed by atoms with van der Waals surface area (Å²) in [5.41, 5.74) is 0. The molecule has 3 atom stereocenters. The van der Waals surface area contributed by atoms with Crippen molar-refractivity contribution < 1.29 is 4.74 Å². The second kappa shape index (κ2) is 4.12. The lowest BCUT2D eigenvalue weighted by Crippen LogP contribution is -2.41. The van der Waals surface area contributed by atoms with Crippen molar-refractivity contribution in [3.05, 3.63) is 0 Å². The number of aliphatic imine (C=N–C) groups is 1. The third-order valence-corrected chi connectivity index (χ3v) is 3.83. The highest BCUT2D eigenvalue weighted by Gasteiger charge is 2.40. The lowest BCUT2D eigenvalue weighted by molar-refractivity contribution is 0.0992. The van der Waals surface area contributed by atoms with Crippen molar-refractivity contribution in [1.82, 2.24) is 5.32 Å². The lowest BCUT2D eigenvalue weighted by Gasteiger charge is -2.21. The van der Waals surface area contributed by atoms with E-state index in [1.54, 1.807) is 0 Å². The van der Waals surface area contributed by atoms with Gasteiger partial charge in [0.25, 0.3) is 0 Å². The number of rotatable bonds is 1. The summed E-state index contributed by atoms with van der Waals surface area (Å²) in [4.78, 5) is 4.62. The number of ether oxygens (including phenoxy) is 1. The molecular formula is C12H20N2O. The molecule has 2 saturated heterocycles. The number of hydrogen-bond acceptors (Lipinski definition) is 3. The Hall–Kier alpha value is -0.570. The monoisotopic (exact) mass is 208 g/mol. The van der Waals surface area contributed by atoms with Crippen LogP contribution in [0.3, 0.4) is 0 Å². The van der Waals surface area contributed by atoms with E-state index in [-0.39, 0.29) is 0 Å². The molecule has 2 bridgehead atoms. The van der Waals surface area contributed by atoms with Gasteiger partial charge in [-0.05, 0) is 32.1 Å². The molecule has 0 aliphatic carbocycles. The number of nitrogens with zero attached hydrogens (tertiary/aromatic N) is 1. The summed E-state index contributed by atoms with van der Waals surface area (Å²) < 4.78 is 5.84. The summed E-state index contributed by atoms with van der Waals surface area (Å²) in [5.74, 6) is 1.24. The van der Waals surface area contributed by atoms with E-state index < -0.39 is 0 Å². The Morgan fingerprint density at radius 3 is 3.00 bits per heavy atom. The van der Waals surface area contributed by atoms with Gasteiger partial charge in [0, 0.05) is 13.0 Å². The van der Waals surface area contributed by atoms with Crippen LogP contribution in [-0.4, -0.2) is 30.6 Å². The SMILES string of the molecule is C1CCN=C(NC2CC3CCC2O3)CC1. The van der Waals surface area contributed by atoms with E-state index in [4.69, 9.17) is 4.74 Å². The molecular weight excluding hydrogens is 188 g/mol. The van der Waals surface area contributed by atoms with E-state index in [9.17, 15) is 0 Å². The third-order valence-electron chi connectivity index (χ3n) is 3.83. The highest BCUT2D eigenvalue weighted by atomic mass is 16.5. The van der Waals surface area contributed by atoms with Crippen LogP contribution in [-0.2, 0) is 4.74 Å². The summed E-state index contributed by atoms with van der Waals surface area (Å²) in [6.45, 7) is 1.02. The molecule has 84 valence electrons.